The van der Waals surface area contributed by atoms with E-state index in [2.05, 4.69) is 0 Å². The van der Waals surface area contributed by atoms with E-state index in [4.69, 9.17) is 14.9 Å². The van der Waals surface area contributed by atoms with E-state index in [9.17, 15) is 9.36 Å². The number of carboxylic acid groups (broad SMARTS) is 1. The van der Waals surface area contributed by atoms with Gasteiger partial charge in [0.1, 0.15) is 0 Å². The normalized spacial score (nSPS) is 12.8. The first-order chi connectivity index (χ1) is 5.25. The summed E-state index contributed by atoms with van der Waals surface area (Å²) < 4.78 is 10.5. The third-order valence-corrected chi connectivity index (χ3v) is 1.85. The van der Waals surface area contributed by atoms with Gasteiger partial charge < -0.3 is 19.8 Å². The molecule has 7 heteroatoms. The van der Waals surface area contributed by atoms with Crippen LogP contribution in [0.3, 0.4) is 0 Å². The number of hydrogen-bond donors (Lipinski definition) is 3. The topological polar surface area (TPSA) is 98.1 Å². The Labute approximate surface area is 69.3 Å². The predicted molar refractivity (Wildman–Crippen MR) is 41.4 cm³/mol. The number of nitrogens with zero attached hydrogens (tertiary/aromatic N) is 1. The molecule has 70 valence electrons. The minimum Gasteiger partial charge on any atom is -0.477 e. The van der Waals surface area contributed by atoms with Crippen LogP contribution >= 0.6 is 7.60 Å². The Bertz CT molecular complexity index is 253. The van der Waals surface area contributed by atoms with Crippen LogP contribution in [0.4, 0.5) is 0 Å². The number of aliphatic carboxylic acids is 1. The quantitative estimate of drug-likeness (QED) is 0.420. The molecule has 0 aromatic rings. The highest BCUT2D eigenvalue weighted by molar-refractivity contribution is 7.57. The van der Waals surface area contributed by atoms with Crippen molar-refractivity contribution >= 4 is 13.6 Å². The summed E-state index contributed by atoms with van der Waals surface area (Å²) in [6.07, 6.45) is 0.878. The van der Waals surface area contributed by atoms with Crippen molar-refractivity contribution in [1.29, 1.82) is 0 Å². The van der Waals surface area contributed by atoms with Gasteiger partial charge in [-0.05, 0) is 0 Å². The molecule has 0 fully saturated rings. The maximum absolute atomic E-state index is 10.5. The molecule has 6 nitrogen and oxygen atoms in total. The zero-order chi connectivity index (χ0) is 9.94. The van der Waals surface area contributed by atoms with Gasteiger partial charge in [0, 0.05) is 20.3 Å². The first kappa shape index (κ1) is 11.2. The third-order valence-electron chi connectivity index (χ3n) is 0.913. The van der Waals surface area contributed by atoms with E-state index in [1.807, 2.05) is 0 Å². The van der Waals surface area contributed by atoms with Crippen molar-refractivity contribution in [1.82, 2.24) is 4.90 Å². The summed E-state index contributed by atoms with van der Waals surface area (Å²) in [4.78, 5) is 28.6. The van der Waals surface area contributed by atoms with Gasteiger partial charge in [-0.1, -0.05) is 0 Å². The second kappa shape index (κ2) is 3.71. The predicted octanol–water partition coefficient (Wildman–Crippen LogP) is -0.348. The monoisotopic (exact) mass is 195 g/mol. The highest BCUT2D eigenvalue weighted by atomic mass is 31.2. The summed E-state index contributed by atoms with van der Waals surface area (Å²) in [6, 6.07) is 0. The van der Waals surface area contributed by atoms with E-state index in [0.717, 1.165) is 6.20 Å². The van der Waals surface area contributed by atoms with Crippen molar-refractivity contribution in [2.75, 3.05) is 14.1 Å². The maximum Gasteiger partial charge on any atom is 0.365 e. The standard InChI is InChI=1S/C5H10NO5P/c1-6(2)3-4(5(7)8)12(9,10)11/h3H,1-2H3,(H,7,8)(H2,9,10,11). The molecule has 0 spiro atoms. The van der Waals surface area contributed by atoms with Crippen molar-refractivity contribution < 1.29 is 24.3 Å². The van der Waals surface area contributed by atoms with Crippen LogP contribution in [-0.2, 0) is 9.36 Å². The maximum atomic E-state index is 10.5. The van der Waals surface area contributed by atoms with Gasteiger partial charge >= 0.3 is 13.6 Å². The molecule has 0 unspecified atom stereocenters. The fourth-order valence-electron chi connectivity index (χ4n) is 0.500. The lowest BCUT2D eigenvalue weighted by Crippen LogP contribution is -2.09. The molecule has 3 N–H and O–H groups in total. The highest BCUT2D eigenvalue weighted by Gasteiger charge is 2.27. The Morgan fingerprint density at radius 1 is 1.42 bits per heavy atom. The lowest BCUT2D eigenvalue weighted by atomic mass is 10.6. The summed E-state index contributed by atoms with van der Waals surface area (Å²) in [6.45, 7) is 0. The Morgan fingerprint density at radius 3 is 1.92 bits per heavy atom. The molecule has 0 amide bonds. The van der Waals surface area contributed by atoms with Crippen LogP contribution < -0.4 is 0 Å². The number of rotatable bonds is 3. The number of carboxylic acids is 1. The van der Waals surface area contributed by atoms with E-state index < -0.39 is 18.9 Å². The highest BCUT2D eigenvalue weighted by Crippen LogP contribution is 2.44. The van der Waals surface area contributed by atoms with Gasteiger partial charge in [0.15, 0.2) is 5.31 Å². The third kappa shape index (κ3) is 3.52. The molecule has 0 rings (SSSR count). The Balaban J connectivity index is 4.95. The van der Waals surface area contributed by atoms with Gasteiger partial charge in [-0.3, -0.25) is 4.57 Å². The van der Waals surface area contributed by atoms with Crippen LogP contribution in [0.5, 0.6) is 0 Å². The van der Waals surface area contributed by atoms with Crippen molar-refractivity contribution in [2.45, 2.75) is 0 Å². The van der Waals surface area contributed by atoms with Gasteiger partial charge in [-0.15, -0.1) is 0 Å². The molecule has 0 aromatic carbocycles. The molecule has 0 aliphatic heterocycles. The van der Waals surface area contributed by atoms with Crippen LogP contribution in [0.2, 0.25) is 0 Å². The van der Waals surface area contributed by atoms with Crippen LogP contribution in [0, 0.1) is 0 Å². The van der Waals surface area contributed by atoms with Crippen LogP contribution in [-0.4, -0.2) is 39.9 Å². The zero-order valence-electron chi connectivity index (χ0n) is 6.63. The fourth-order valence-corrected chi connectivity index (χ4v) is 1.13. The van der Waals surface area contributed by atoms with Gasteiger partial charge in [0.05, 0.1) is 0 Å². The average Bonchev–Trinajstić information content (AvgIpc) is 1.79. The van der Waals surface area contributed by atoms with E-state index >= 15 is 0 Å². The fraction of sp³-hybridized carbons (Fsp3) is 0.400. The first-order valence-electron chi connectivity index (χ1n) is 2.93. The van der Waals surface area contributed by atoms with Gasteiger partial charge in [-0.25, -0.2) is 4.79 Å². The summed E-state index contributed by atoms with van der Waals surface area (Å²) in [5.74, 6) is -1.61. The van der Waals surface area contributed by atoms with Crippen molar-refractivity contribution in [3.63, 3.8) is 0 Å². The second-order valence-corrected chi connectivity index (χ2v) is 3.90. The van der Waals surface area contributed by atoms with Crippen molar-refractivity contribution in [3.8, 4) is 0 Å². The molecule has 12 heavy (non-hydrogen) atoms. The van der Waals surface area contributed by atoms with E-state index in [1.54, 1.807) is 0 Å². The SMILES string of the molecule is CN(C)C=C(C(=O)O)P(=O)(O)O. The van der Waals surface area contributed by atoms with Gasteiger partial charge in [-0.2, -0.15) is 0 Å². The van der Waals surface area contributed by atoms with E-state index in [0.29, 0.717) is 0 Å². The molecule has 0 bridgehead atoms. The molecule has 0 saturated heterocycles. The van der Waals surface area contributed by atoms with Crippen molar-refractivity contribution in [3.05, 3.63) is 11.5 Å². The zero-order valence-corrected chi connectivity index (χ0v) is 7.52. The lowest BCUT2D eigenvalue weighted by molar-refractivity contribution is -0.132. The minimum absolute atomic E-state index is 0.878. The van der Waals surface area contributed by atoms with E-state index in [-0.39, 0.29) is 0 Å². The molecular weight excluding hydrogens is 185 g/mol. The van der Waals surface area contributed by atoms with Crippen LogP contribution in [0.15, 0.2) is 11.5 Å². The molecule has 0 aliphatic rings. The largest absolute Gasteiger partial charge is 0.477 e. The lowest BCUT2D eigenvalue weighted by Gasteiger charge is -2.09. The molecule has 0 radical (unpaired) electrons. The second-order valence-electron chi connectivity index (χ2n) is 2.33. The number of hydrogen-bond acceptors (Lipinski definition) is 3. The van der Waals surface area contributed by atoms with E-state index in [1.165, 1.54) is 19.0 Å². The minimum atomic E-state index is -4.67. The number of carbonyl (C=O) groups is 1. The summed E-state index contributed by atoms with van der Waals surface area (Å²) in [7, 11) is -1.72. The molecule has 0 saturated carbocycles. The first-order valence-corrected chi connectivity index (χ1v) is 4.54. The Morgan fingerprint density at radius 2 is 1.83 bits per heavy atom. The molecule has 0 heterocycles. The molecule has 0 atom stereocenters. The van der Waals surface area contributed by atoms with Crippen LogP contribution in [0.1, 0.15) is 0 Å². The smallest absolute Gasteiger partial charge is 0.365 e. The summed E-state index contributed by atoms with van der Waals surface area (Å²) in [5, 5.41) is 7.46. The summed E-state index contributed by atoms with van der Waals surface area (Å²) >= 11 is 0. The average molecular weight is 195 g/mol. The molecule has 0 aliphatic carbocycles. The summed E-state index contributed by atoms with van der Waals surface area (Å²) in [5.41, 5.74) is 0. The molecular formula is C5H10NO5P. The Hall–Kier alpha value is -0.840. The van der Waals surface area contributed by atoms with Crippen molar-refractivity contribution in [2.24, 2.45) is 0 Å². The van der Waals surface area contributed by atoms with Gasteiger partial charge in [0.25, 0.3) is 0 Å². The van der Waals surface area contributed by atoms with Crippen LogP contribution in [0.25, 0.3) is 0 Å². The molecule has 0 aromatic heterocycles. The van der Waals surface area contributed by atoms with Gasteiger partial charge in [0.2, 0.25) is 0 Å². The Kier molecular flexibility index (Phi) is 3.45.